The molecule has 0 aromatic heterocycles. The molecule has 0 heterocycles. The molecule has 0 unspecified atom stereocenters. The van der Waals surface area contributed by atoms with Crippen LogP contribution < -0.4 is 9.47 Å². The zero-order valence-electron chi connectivity index (χ0n) is 13.5. The minimum absolute atomic E-state index is 0.110. The summed E-state index contributed by atoms with van der Waals surface area (Å²) in [4.78, 5) is 10.9. The van der Waals surface area contributed by atoms with Gasteiger partial charge in [-0.2, -0.15) is 0 Å². The van der Waals surface area contributed by atoms with Crippen molar-refractivity contribution < 1.29 is 14.4 Å². The third kappa shape index (κ3) is 4.35. The van der Waals surface area contributed by atoms with E-state index in [1.165, 1.54) is 6.07 Å². The van der Waals surface area contributed by atoms with Gasteiger partial charge in [-0.25, -0.2) is 0 Å². The Morgan fingerprint density at radius 2 is 1.28 bits per heavy atom. The maximum Gasteiger partial charge on any atom is 0.314 e. The number of hydrogen-bond donors (Lipinski definition) is 0. The molecular formula is C20H17NO4. The molecule has 3 aromatic carbocycles. The Morgan fingerprint density at radius 3 is 1.84 bits per heavy atom. The second-order valence-corrected chi connectivity index (χ2v) is 5.41. The number of rotatable bonds is 7. The molecule has 0 aliphatic rings. The lowest BCUT2D eigenvalue weighted by Crippen LogP contribution is -2.03. The first-order valence-corrected chi connectivity index (χ1v) is 7.85. The van der Waals surface area contributed by atoms with Crippen LogP contribution in [0.15, 0.2) is 78.9 Å². The first-order valence-electron chi connectivity index (χ1n) is 7.85. The maximum atomic E-state index is 11.3. The summed E-state index contributed by atoms with van der Waals surface area (Å²) < 4.78 is 11.5. The highest BCUT2D eigenvalue weighted by molar-refractivity contribution is 5.55. The molecule has 5 nitrogen and oxygen atoms in total. The molecule has 5 heteroatoms. The summed E-state index contributed by atoms with van der Waals surface area (Å²) in [7, 11) is 0. The Kier molecular flexibility index (Phi) is 5.26. The summed E-state index contributed by atoms with van der Waals surface area (Å²) in [5, 5.41) is 11.3. The number of ether oxygens (including phenoxy) is 2. The SMILES string of the molecule is O=[N+]([O-])c1cccc(OCc2ccccc2)c1OCc1ccccc1. The normalized spacial score (nSPS) is 10.2. The van der Waals surface area contributed by atoms with Crippen LogP contribution in [0.4, 0.5) is 5.69 Å². The number of hydrogen-bond acceptors (Lipinski definition) is 4. The first-order chi connectivity index (χ1) is 12.2. The molecule has 126 valence electrons. The highest BCUT2D eigenvalue weighted by atomic mass is 16.6. The van der Waals surface area contributed by atoms with E-state index in [0.29, 0.717) is 12.4 Å². The van der Waals surface area contributed by atoms with Crippen molar-refractivity contribution in [3.05, 3.63) is 100 Å². The molecule has 0 aliphatic carbocycles. The highest BCUT2D eigenvalue weighted by Crippen LogP contribution is 2.37. The van der Waals surface area contributed by atoms with Crippen molar-refractivity contribution in [2.24, 2.45) is 0 Å². The van der Waals surface area contributed by atoms with Crippen molar-refractivity contribution in [1.29, 1.82) is 0 Å². The predicted molar refractivity (Wildman–Crippen MR) is 94.6 cm³/mol. The Hall–Kier alpha value is -3.34. The Balaban J connectivity index is 1.81. The van der Waals surface area contributed by atoms with E-state index in [1.807, 2.05) is 60.7 Å². The maximum absolute atomic E-state index is 11.3. The fourth-order valence-corrected chi connectivity index (χ4v) is 2.37. The van der Waals surface area contributed by atoms with E-state index in [9.17, 15) is 10.1 Å². The summed E-state index contributed by atoms with van der Waals surface area (Å²) in [6.07, 6.45) is 0. The fraction of sp³-hybridized carbons (Fsp3) is 0.100. The van der Waals surface area contributed by atoms with E-state index in [1.54, 1.807) is 12.1 Å². The Bertz CT molecular complexity index is 835. The molecule has 0 bridgehead atoms. The molecule has 0 spiro atoms. The van der Waals surface area contributed by atoms with E-state index in [0.717, 1.165) is 11.1 Å². The molecule has 3 rings (SSSR count). The van der Waals surface area contributed by atoms with Crippen LogP contribution in [0.1, 0.15) is 11.1 Å². The summed E-state index contributed by atoms with van der Waals surface area (Å²) in [5.74, 6) is 0.501. The minimum Gasteiger partial charge on any atom is -0.485 e. The van der Waals surface area contributed by atoms with Crippen LogP contribution in [0.3, 0.4) is 0 Å². The van der Waals surface area contributed by atoms with Crippen LogP contribution in [0, 0.1) is 10.1 Å². The van der Waals surface area contributed by atoms with Crippen molar-refractivity contribution in [3.63, 3.8) is 0 Å². The zero-order valence-corrected chi connectivity index (χ0v) is 13.5. The molecule has 0 amide bonds. The van der Waals surface area contributed by atoms with Gasteiger partial charge < -0.3 is 9.47 Å². The monoisotopic (exact) mass is 335 g/mol. The van der Waals surface area contributed by atoms with E-state index in [2.05, 4.69) is 0 Å². The van der Waals surface area contributed by atoms with Gasteiger partial charge in [0.2, 0.25) is 5.75 Å². The molecule has 25 heavy (non-hydrogen) atoms. The third-order valence-electron chi connectivity index (χ3n) is 3.62. The van der Waals surface area contributed by atoms with Crippen LogP contribution in [-0.4, -0.2) is 4.92 Å². The van der Waals surface area contributed by atoms with Crippen molar-refractivity contribution in [1.82, 2.24) is 0 Å². The molecule has 0 radical (unpaired) electrons. The van der Waals surface area contributed by atoms with Crippen molar-refractivity contribution >= 4 is 5.69 Å². The van der Waals surface area contributed by atoms with Crippen LogP contribution in [0.5, 0.6) is 11.5 Å². The first kappa shape index (κ1) is 16.5. The molecule has 0 atom stereocenters. The van der Waals surface area contributed by atoms with Gasteiger partial charge in [0, 0.05) is 6.07 Å². The molecular weight excluding hydrogens is 318 g/mol. The standard InChI is InChI=1S/C20H17NO4/c22-21(23)18-12-7-13-19(24-14-16-8-3-1-4-9-16)20(18)25-15-17-10-5-2-6-11-17/h1-13H,14-15H2. The van der Waals surface area contributed by atoms with Crippen LogP contribution >= 0.6 is 0 Å². The predicted octanol–water partition coefficient (Wildman–Crippen LogP) is 4.75. The lowest BCUT2D eigenvalue weighted by Gasteiger charge is -2.13. The van der Waals surface area contributed by atoms with Crippen molar-refractivity contribution in [2.75, 3.05) is 0 Å². The molecule has 0 saturated heterocycles. The molecule has 0 aliphatic heterocycles. The average Bonchev–Trinajstić information content (AvgIpc) is 2.66. The number of nitrogens with zero attached hydrogens (tertiary/aromatic N) is 1. The van der Waals surface area contributed by atoms with E-state index < -0.39 is 4.92 Å². The van der Waals surface area contributed by atoms with Gasteiger partial charge in [-0.1, -0.05) is 66.7 Å². The molecule has 0 fully saturated rings. The second kappa shape index (κ2) is 7.97. The number of benzene rings is 3. The molecule has 3 aromatic rings. The minimum atomic E-state index is -0.463. The summed E-state index contributed by atoms with van der Waals surface area (Å²) in [6.45, 7) is 0.539. The second-order valence-electron chi connectivity index (χ2n) is 5.41. The third-order valence-corrected chi connectivity index (χ3v) is 3.62. The fourth-order valence-electron chi connectivity index (χ4n) is 2.37. The van der Waals surface area contributed by atoms with E-state index in [4.69, 9.17) is 9.47 Å². The van der Waals surface area contributed by atoms with Gasteiger partial charge >= 0.3 is 5.69 Å². The van der Waals surface area contributed by atoms with E-state index >= 15 is 0 Å². The number of para-hydroxylation sites is 1. The van der Waals surface area contributed by atoms with Gasteiger partial charge in [-0.3, -0.25) is 10.1 Å². The van der Waals surface area contributed by atoms with E-state index in [-0.39, 0.29) is 18.0 Å². The highest BCUT2D eigenvalue weighted by Gasteiger charge is 2.20. The van der Waals surface area contributed by atoms with Crippen molar-refractivity contribution in [3.8, 4) is 11.5 Å². The lowest BCUT2D eigenvalue weighted by atomic mass is 10.2. The lowest BCUT2D eigenvalue weighted by molar-refractivity contribution is -0.386. The molecule has 0 N–H and O–H groups in total. The Morgan fingerprint density at radius 1 is 0.720 bits per heavy atom. The van der Waals surface area contributed by atoms with Gasteiger partial charge in [0.05, 0.1) is 4.92 Å². The summed E-state index contributed by atoms with van der Waals surface area (Å²) in [6, 6.07) is 23.8. The summed E-state index contributed by atoms with van der Waals surface area (Å²) in [5.41, 5.74) is 1.79. The largest absolute Gasteiger partial charge is 0.485 e. The van der Waals surface area contributed by atoms with Gasteiger partial charge in [-0.05, 0) is 17.2 Å². The van der Waals surface area contributed by atoms with Gasteiger partial charge in [-0.15, -0.1) is 0 Å². The molecule has 0 saturated carbocycles. The van der Waals surface area contributed by atoms with Crippen LogP contribution in [0.2, 0.25) is 0 Å². The summed E-state index contributed by atoms with van der Waals surface area (Å²) >= 11 is 0. The van der Waals surface area contributed by atoms with Gasteiger partial charge in [0.25, 0.3) is 0 Å². The van der Waals surface area contributed by atoms with Crippen molar-refractivity contribution in [2.45, 2.75) is 13.2 Å². The van der Waals surface area contributed by atoms with Crippen LogP contribution in [0.25, 0.3) is 0 Å². The Labute approximate surface area is 145 Å². The average molecular weight is 335 g/mol. The number of nitro groups is 1. The van der Waals surface area contributed by atoms with Gasteiger partial charge in [0.1, 0.15) is 13.2 Å². The smallest absolute Gasteiger partial charge is 0.314 e. The van der Waals surface area contributed by atoms with Crippen LogP contribution in [-0.2, 0) is 13.2 Å². The number of nitro benzene ring substituents is 1. The zero-order chi connectivity index (χ0) is 17.5. The van der Waals surface area contributed by atoms with Gasteiger partial charge in [0.15, 0.2) is 5.75 Å². The quantitative estimate of drug-likeness (QED) is 0.461. The topological polar surface area (TPSA) is 61.6 Å².